The molecule has 1 heterocycles. The Labute approximate surface area is 133 Å². The van der Waals surface area contributed by atoms with Crippen molar-refractivity contribution in [2.24, 2.45) is 0 Å². The SMILES string of the molecule is CC(C)c1ccc(CNc2sc(C(C)O)cc2[N+](=O)[O-])cc1. The lowest BCUT2D eigenvalue weighted by molar-refractivity contribution is -0.383. The fourth-order valence-electron chi connectivity index (χ4n) is 2.07. The molecule has 0 aliphatic rings. The van der Waals surface area contributed by atoms with Crippen LogP contribution in [-0.4, -0.2) is 10.0 Å². The number of nitro groups is 1. The smallest absolute Gasteiger partial charge is 0.303 e. The van der Waals surface area contributed by atoms with Gasteiger partial charge in [0.2, 0.25) is 0 Å². The van der Waals surface area contributed by atoms with E-state index < -0.39 is 11.0 Å². The highest BCUT2D eigenvalue weighted by molar-refractivity contribution is 7.16. The second kappa shape index (κ2) is 6.89. The molecular weight excluding hydrogens is 300 g/mol. The van der Waals surface area contributed by atoms with Crippen molar-refractivity contribution in [3.8, 4) is 0 Å². The van der Waals surface area contributed by atoms with Crippen LogP contribution < -0.4 is 5.32 Å². The molecule has 0 saturated heterocycles. The first kappa shape index (κ1) is 16.5. The van der Waals surface area contributed by atoms with E-state index in [0.29, 0.717) is 22.3 Å². The molecule has 0 aliphatic heterocycles. The van der Waals surface area contributed by atoms with Gasteiger partial charge in [0.15, 0.2) is 5.00 Å². The fraction of sp³-hybridized carbons (Fsp3) is 0.375. The zero-order valence-corrected chi connectivity index (χ0v) is 13.7. The molecule has 22 heavy (non-hydrogen) atoms. The van der Waals surface area contributed by atoms with E-state index in [4.69, 9.17) is 0 Å². The van der Waals surface area contributed by atoms with E-state index in [-0.39, 0.29) is 5.69 Å². The molecule has 0 bridgehead atoms. The van der Waals surface area contributed by atoms with Crippen molar-refractivity contribution in [1.82, 2.24) is 0 Å². The minimum Gasteiger partial charge on any atom is -0.388 e. The van der Waals surface area contributed by atoms with Crippen molar-refractivity contribution in [1.29, 1.82) is 0 Å². The molecule has 6 heteroatoms. The van der Waals surface area contributed by atoms with Gasteiger partial charge in [-0.1, -0.05) is 38.1 Å². The molecule has 2 N–H and O–H groups in total. The molecule has 1 atom stereocenters. The van der Waals surface area contributed by atoms with E-state index >= 15 is 0 Å². The normalized spacial score (nSPS) is 12.4. The van der Waals surface area contributed by atoms with Gasteiger partial charge in [0, 0.05) is 17.5 Å². The third-order valence-electron chi connectivity index (χ3n) is 3.44. The van der Waals surface area contributed by atoms with Gasteiger partial charge >= 0.3 is 5.69 Å². The van der Waals surface area contributed by atoms with E-state index in [1.165, 1.54) is 23.0 Å². The van der Waals surface area contributed by atoms with Gasteiger partial charge in [-0.05, 0) is 24.0 Å². The lowest BCUT2D eigenvalue weighted by atomic mass is 10.0. The van der Waals surface area contributed by atoms with E-state index in [0.717, 1.165) is 5.56 Å². The summed E-state index contributed by atoms with van der Waals surface area (Å²) in [5.74, 6) is 0.481. The van der Waals surface area contributed by atoms with Crippen LogP contribution in [0.3, 0.4) is 0 Å². The topological polar surface area (TPSA) is 75.4 Å². The number of rotatable bonds is 6. The van der Waals surface area contributed by atoms with E-state index in [2.05, 4.69) is 31.3 Å². The average Bonchev–Trinajstić information content (AvgIpc) is 2.90. The summed E-state index contributed by atoms with van der Waals surface area (Å²) in [6.07, 6.45) is -0.704. The maximum Gasteiger partial charge on any atom is 0.303 e. The highest BCUT2D eigenvalue weighted by atomic mass is 32.1. The van der Waals surface area contributed by atoms with Gasteiger partial charge in [0.1, 0.15) is 0 Å². The number of nitrogens with zero attached hydrogens (tertiary/aromatic N) is 1. The summed E-state index contributed by atoms with van der Waals surface area (Å²) in [6.45, 7) is 6.39. The molecule has 5 nitrogen and oxygen atoms in total. The Balaban J connectivity index is 2.12. The van der Waals surface area contributed by atoms with Crippen LogP contribution in [0.5, 0.6) is 0 Å². The Morgan fingerprint density at radius 1 is 1.27 bits per heavy atom. The quantitative estimate of drug-likeness (QED) is 0.609. The van der Waals surface area contributed by atoms with E-state index in [9.17, 15) is 15.2 Å². The summed E-state index contributed by atoms with van der Waals surface area (Å²) in [6, 6.07) is 9.63. The highest BCUT2D eigenvalue weighted by Crippen LogP contribution is 2.37. The zero-order valence-electron chi connectivity index (χ0n) is 12.9. The predicted octanol–water partition coefficient (Wildman–Crippen LogP) is 4.45. The highest BCUT2D eigenvalue weighted by Gasteiger charge is 2.20. The first-order chi connectivity index (χ1) is 10.4. The third-order valence-corrected chi connectivity index (χ3v) is 4.69. The third kappa shape index (κ3) is 3.84. The van der Waals surface area contributed by atoms with E-state index in [1.54, 1.807) is 6.92 Å². The number of nitrogens with one attached hydrogen (secondary N) is 1. The molecule has 118 valence electrons. The van der Waals surface area contributed by atoms with Crippen LogP contribution in [0.1, 0.15) is 48.8 Å². The fourth-order valence-corrected chi connectivity index (χ4v) is 3.03. The van der Waals surface area contributed by atoms with Gasteiger partial charge in [-0.3, -0.25) is 10.1 Å². The van der Waals surface area contributed by atoms with Crippen molar-refractivity contribution >= 4 is 22.0 Å². The molecule has 0 fully saturated rings. The number of benzene rings is 1. The van der Waals surface area contributed by atoms with Crippen molar-refractivity contribution in [3.63, 3.8) is 0 Å². The summed E-state index contributed by atoms with van der Waals surface area (Å²) < 4.78 is 0. The van der Waals surface area contributed by atoms with Gasteiger partial charge in [0.05, 0.1) is 11.0 Å². The van der Waals surface area contributed by atoms with Gasteiger partial charge in [-0.25, -0.2) is 0 Å². The number of aliphatic hydroxyl groups excluding tert-OH is 1. The van der Waals surface area contributed by atoms with Crippen LogP contribution in [0.15, 0.2) is 30.3 Å². The summed E-state index contributed by atoms with van der Waals surface area (Å²) in [5.41, 5.74) is 2.34. The maximum absolute atomic E-state index is 11.1. The molecule has 0 amide bonds. The molecular formula is C16H20N2O3S. The summed E-state index contributed by atoms with van der Waals surface area (Å²) in [4.78, 5) is 11.2. The Morgan fingerprint density at radius 2 is 1.91 bits per heavy atom. The number of anilines is 1. The molecule has 1 aromatic heterocycles. The van der Waals surface area contributed by atoms with Gasteiger partial charge in [-0.15, -0.1) is 11.3 Å². The lowest BCUT2D eigenvalue weighted by Crippen LogP contribution is -2.00. The number of thiophene rings is 1. The summed E-state index contributed by atoms with van der Waals surface area (Å²) in [5, 5.41) is 24.2. The number of aliphatic hydroxyl groups is 1. The second-order valence-electron chi connectivity index (χ2n) is 5.55. The number of hydrogen-bond donors (Lipinski definition) is 2. The molecule has 2 aromatic rings. The van der Waals surface area contributed by atoms with Crippen LogP contribution >= 0.6 is 11.3 Å². The molecule has 0 aliphatic carbocycles. The minimum absolute atomic E-state index is 0.0136. The van der Waals surface area contributed by atoms with Gasteiger partial charge in [-0.2, -0.15) is 0 Å². The predicted molar refractivity (Wildman–Crippen MR) is 89.5 cm³/mol. The molecule has 0 saturated carbocycles. The zero-order chi connectivity index (χ0) is 16.3. The maximum atomic E-state index is 11.1. The monoisotopic (exact) mass is 320 g/mol. The molecule has 0 spiro atoms. The van der Waals surface area contributed by atoms with Crippen LogP contribution in [0.2, 0.25) is 0 Å². The van der Waals surface area contributed by atoms with Crippen LogP contribution in [0.4, 0.5) is 10.7 Å². The Hall–Kier alpha value is -1.92. The lowest BCUT2D eigenvalue weighted by Gasteiger charge is -2.08. The molecule has 0 radical (unpaired) electrons. The summed E-state index contributed by atoms with van der Waals surface area (Å²) in [7, 11) is 0. The standard InChI is InChI=1S/C16H20N2O3S/c1-10(2)13-6-4-12(5-7-13)9-17-16-14(18(20)21)8-15(22-16)11(3)19/h4-8,10-11,17,19H,9H2,1-3H3. The van der Waals surface area contributed by atoms with Crippen molar-refractivity contribution in [2.75, 3.05) is 5.32 Å². The van der Waals surface area contributed by atoms with Crippen LogP contribution in [-0.2, 0) is 6.54 Å². The Kier molecular flexibility index (Phi) is 5.15. The Morgan fingerprint density at radius 3 is 2.41 bits per heavy atom. The molecule has 1 aromatic carbocycles. The second-order valence-corrected chi connectivity index (χ2v) is 6.63. The minimum atomic E-state index is -0.704. The van der Waals surface area contributed by atoms with Crippen molar-refractivity contribution in [2.45, 2.75) is 39.3 Å². The Bertz CT molecular complexity index is 648. The van der Waals surface area contributed by atoms with Crippen LogP contribution in [0.25, 0.3) is 0 Å². The molecule has 1 unspecified atom stereocenters. The van der Waals surface area contributed by atoms with Gasteiger partial charge < -0.3 is 10.4 Å². The summed E-state index contributed by atoms with van der Waals surface area (Å²) >= 11 is 1.22. The number of hydrogen-bond acceptors (Lipinski definition) is 5. The molecule has 2 rings (SSSR count). The first-order valence-corrected chi connectivity index (χ1v) is 7.99. The first-order valence-electron chi connectivity index (χ1n) is 7.17. The van der Waals surface area contributed by atoms with Crippen LogP contribution in [0, 0.1) is 10.1 Å². The average molecular weight is 320 g/mol. The van der Waals surface area contributed by atoms with Crippen molar-refractivity contribution < 1.29 is 10.0 Å². The van der Waals surface area contributed by atoms with Gasteiger partial charge in [0.25, 0.3) is 0 Å². The largest absolute Gasteiger partial charge is 0.388 e. The van der Waals surface area contributed by atoms with Crippen molar-refractivity contribution in [3.05, 3.63) is 56.5 Å². The van der Waals surface area contributed by atoms with E-state index in [1.807, 2.05) is 12.1 Å².